The van der Waals surface area contributed by atoms with E-state index in [2.05, 4.69) is 29.0 Å². The maximum Gasteiger partial charge on any atom is 0.0538 e. The standard InChI is InChI=1S/C17H14N2S/c1-12-9-16(18)7-5-14(12)3-4-15-6-8-17(19-11-20)10-13(15)2/h3-10,18H,1H2,2H3/q-2. The summed E-state index contributed by atoms with van der Waals surface area (Å²) < 4.78 is 0. The molecular formula is C17H14N2S-2. The molecule has 1 aromatic carbocycles. The molecule has 2 rings (SSSR count). The molecule has 1 aliphatic carbocycles. The van der Waals surface area contributed by atoms with Crippen molar-refractivity contribution in [3.05, 3.63) is 75.9 Å². The molecule has 0 saturated carbocycles. The van der Waals surface area contributed by atoms with E-state index in [9.17, 15) is 0 Å². The van der Waals surface area contributed by atoms with Crippen LogP contribution in [-0.4, -0.2) is 5.16 Å². The first-order valence-electron chi connectivity index (χ1n) is 6.14. The highest BCUT2D eigenvalue weighted by molar-refractivity contribution is 7.78. The molecule has 20 heavy (non-hydrogen) atoms. The van der Waals surface area contributed by atoms with Crippen LogP contribution in [0.1, 0.15) is 6.92 Å². The fourth-order valence-corrected chi connectivity index (χ4v) is 2.02. The summed E-state index contributed by atoms with van der Waals surface area (Å²) in [7, 11) is 0. The largest absolute Gasteiger partial charge is 0.699 e. The van der Waals surface area contributed by atoms with Crippen molar-refractivity contribution in [3.63, 3.8) is 0 Å². The van der Waals surface area contributed by atoms with Gasteiger partial charge in [-0.1, -0.05) is 37.8 Å². The van der Waals surface area contributed by atoms with Gasteiger partial charge in [0.1, 0.15) is 0 Å². The molecule has 2 nitrogen and oxygen atoms in total. The van der Waals surface area contributed by atoms with Crippen molar-refractivity contribution in [2.75, 3.05) is 0 Å². The third-order valence-electron chi connectivity index (χ3n) is 3.01. The van der Waals surface area contributed by atoms with Crippen LogP contribution in [0, 0.1) is 5.92 Å². The highest BCUT2D eigenvalue weighted by Crippen LogP contribution is 2.24. The SMILES string of the molecule is C=c1cc([NH-])ccc1=CC=C1C=CC(N=C=S)=C[C-]1C. The Balaban J connectivity index is 2.32. The second kappa shape index (κ2) is 6.20. The number of nitrogens with zero attached hydrogens (tertiary/aromatic N) is 1. The van der Waals surface area contributed by atoms with Crippen molar-refractivity contribution in [2.45, 2.75) is 6.92 Å². The first kappa shape index (κ1) is 14.1. The van der Waals surface area contributed by atoms with Crippen LogP contribution in [-0.2, 0) is 0 Å². The number of rotatable bonds is 2. The minimum Gasteiger partial charge on any atom is -0.699 e. The molecule has 3 heteroatoms. The number of hydrogen-bond acceptors (Lipinski definition) is 2. The van der Waals surface area contributed by atoms with Crippen molar-refractivity contribution in [1.29, 1.82) is 0 Å². The van der Waals surface area contributed by atoms with Crippen LogP contribution >= 0.6 is 12.2 Å². The second-order valence-electron chi connectivity index (χ2n) is 4.49. The van der Waals surface area contributed by atoms with Crippen molar-refractivity contribution >= 4 is 35.7 Å². The minimum atomic E-state index is 0.478. The van der Waals surface area contributed by atoms with E-state index in [1.54, 1.807) is 12.1 Å². The summed E-state index contributed by atoms with van der Waals surface area (Å²) in [5.41, 5.74) is 9.94. The maximum atomic E-state index is 7.54. The zero-order valence-corrected chi connectivity index (χ0v) is 12.0. The van der Waals surface area contributed by atoms with E-state index in [-0.39, 0.29) is 0 Å². The molecule has 0 aliphatic heterocycles. The highest BCUT2D eigenvalue weighted by atomic mass is 32.1. The Bertz CT molecular complexity index is 763. The average Bonchev–Trinajstić information content (AvgIpc) is 2.40. The topological polar surface area (TPSA) is 36.2 Å². The molecule has 0 saturated heterocycles. The molecule has 0 radical (unpaired) electrons. The summed E-state index contributed by atoms with van der Waals surface area (Å²) in [5.74, 6) is 1.12. The van der Waals surface area contributed by atoms with Crippen LogP contribution in [0.3, 0.4) is 0 Å². The molecule has 100 valence electrons. The Morgan fingerprint density at radius 1 is 1.35 bits per heavy atom. The molecule has 0 atom stereocenters. The van der Waals surface area contributed by atoms with E-state index in [1.165, 1.54) is 0 Å². The first-order valence-corrected chi connectivity index (χ1v) is 6.55. The quantitative estimate of drug-likeness (QED) is 0.462. The number of aliphatic imine (C=N–C) groups is 1. The predicted octanol–water partition coefficient (Wildman–Crippen LogP) is 3.64. The van der Waals surface area contributed by atoms with Crippen LogP contribution in [0.2, 0.25) is 0 Å². The molecule has 0 aromatic heterocycles. The molecular weight excluding hydrogens is 264 g/mol. The Kier molecular flexibility index (Phi) is 4.36. The molecule has 1 N–H and O–H groups in total. The summed E-state index contributed by atoms with van der Waals surface area (Å²) >= 11 is 4.60. The summed E-state index contributed by atoms with van der Waals surface area (Å²) in [4.78, 5) is 3.96. The van der Waals surface area contributed by atoms with E-state index < -0.39 is 0 Å². The maximum absolute atomic E-state index is 7.54. The number of hydrogen-bond donors (Lipinski definition) is 0. The number of nitrogens with one attached hydrogen (secondary N) is 1. The summed E-state index contributed by atoms with van der Waals surface area (Å²) in [6.45, 7) is 5.98. The highest BCUT2D eigenvalue weighted by Gasteiger charge is 1.99. The molecule has 1 aliphatic rings. The Hall–Kier alpha value is -2.35. The lowest BCUT2D eigenvalue weighted by Crippen LogP contribution is -2.21. The summed E-state index contributed by atoms with van der Waals surface area (Å²) in [5, 5.41) is 4.24. The Morgan fingerprint density at radius 2 is 2.15 bits per heavy atom. The molecule has 0 amide bonds. The van der Waals surface area contributed by atoms with Crippen molar-refractivity contribution in [1.82, 2.24) is 0 Å². The van der Waals surface area contributed by atoms with Gasteiger partial charge in [-0.05, 0) is 28.4 Å². The van der Waals surface area contributed by atoms with E-state index in [0.29, 0.717) is 5.69 Å². The number of benzene rings is 1. The Morgan fingerprint density at radius 3 is 2.80 bits per heavy atom. The van der Waals surface area contributed by atoms with E-state index >= 15 is 0 Å². The van der Waals surface area contributed by atoms with Gasteiger partial charge in [-0.2, -0.15) is 0 Å². The second-order valence-corrected chi connectivity index (χ2v) is 4.67. The third kappa shape index (κ3) is 3.35. The normalized spacial score (nSPS) is 17.1. The molecule has 0 heterocycles. The fraction of sp³-hybridized carbons (Fsp3) is 0.0588. The lowest BCUT2D eigenvalue weighted by Gasteiger charge is -2.21. The van der Waals surface area contributed by atoms with E-state index in [4.69, 9.17) is 5.73 Å². The van der Waals surface area contributed by atoms with Gasteiger partial charge in [-0.25, -0.2) is 4.99 Å². The van der Waals surface area contributed by atoms with Crippen LogP contribution in [0.4, 0.5) is 5.69 Å². The Labute approximate surface area is 124 Å². The van der Waals surface area contributed by atoms with Crippen LogP contribution in [0.15, 0.2) is 58.8 Å². The van der Waals surface area contributed by atoms with Gasteiger partial charge < -0.3 is 5.73 Å². The van der Waals surface area contributed by atoms with Gasteiger partial charge in [0, 0.05) is 0 Å². The van der Waals surface area contributed by atoms with Gasteiger partial charge in [0.05, 0.1) is 5.16 Å². The van der Waals surface area contributed by atoms with Gasteiger partial charge in [0.15, 0.2) is 0 Å². The fourth-order valence-electron chi connectivity index (χ4n) is 1.92. The van der Waals surface area contributed by atoms with Gasteiger partial charge in [0.25, 0.3) is 0 Å². The van der Waals surface area contributed by atoms with E-state index in [1.807, 2.05) is 43.4 Å². The van der Waals surface area contributed by atoms with Gasteiger partial charge in [0.2, 0.25) is 0 Å². The summed E-state index contributed by atoms with van der Waals surface area (Å²) in [6.07, 6.45) is 9.92. The number of allylic oxidation sites excluding steroid dienone is 5. The number of thiocarbonyl (C=S) groups is 1. The van der Waals surface area contributed by atoms with E-state index in [0.717, 1.165) is 27.6 Å². The molecule has 0 spiro atoms. The lowest BCUT2D eigenvalue weighted by atomic mass is 9.94. The monoisotopic (exact) mass is 278 g/mol. The van der Waals surface area contributed by atoms with Crippen LogP contribution in [0.5, 0.6) is 0 Å². The van der Waals surface area contributed by atoms with Crippen molar-refractivity contribution in [3.8, 4) is 0 Å². The van der Waals surface area contributed by atoms with Crippen molar-refractivity contribution < 1.29 is 0 Å². The third-order valence-corrected chi connectivity index (χ3v) is 3.10. The minimum absolute atomic E-state index is 0.478. The molecule has 0 unspecified atom stereocenters. The van der Waals surface area contributed by atoms with Crippen LogP contribution in [0.25, 0.3) is 18.4 Å². The zero-order chi connectivity index (χ0) is 14.5. The average molecular weight is 278 g/mol. The molecule has 0 bridgehead atoms. The van der Waals surface area contributed by atoms with Gasteiger partial charge in [-0.3, -0.25) is 0 Å². The zero-order valence-electron chi connectivity index (χ0n) is 11.2. The smallest absolute Gasteiger partial charge is 0.0538 e. The lowest BCUT2D eigenvalue weighted by molar-refractivity contribution is 1.20. The van der Waals surface area contributed by atoms with Gasteiger partial charge >= 0.3 is 0 Å². The first-order chi connectivity index (χ1) is 9.60. The van der Waals surface area contributed by atoms with Crippen LogP contribution < -0.4 is 10.4 Å². The number of isothiocyanates is 1. The molecule has 1 aromatic rings. The predicted molar refractivity (Wildman–Crippen MR) is 88.9 cm³/mol. The molecule has 0 fully saturated rings. The summed E-state index contributed by atoms with van der Waals surface area (Å²) in [6, 6.07) is 5.42. The van der Waals surface area contributed by atoms with Gasteiger partial charge in [-0.15, -0.1) is 41.5 Å². The van der Waals surface area contributed by atoms with Crippen molar-refractivity contribution in [2.24, 2.45) is 4.99 Å².